The highest BCUT2D eigenvalue weighted by atomic mass is 16.2. The Kier molecular flexibility index (Phi) is 6.01. The number of carbonyl (C=O) groups excluding carboxylic acids is 1. The van der Waals surface area contributed by atoms with Crippen LogP contribution in [0, 0.1) is 17.8 Å². The van der Waals surface area contributed by atoms with Crippen molar-refractivity contribution in [3.8, 4) is 0 Å². The number of hydrogen-bond acceptors (Lipinski definition) is 2. The lowest BCUT2D eigenvalue weighted by Gasteiger charge is -2.35. The Labute approximate surface area is 142 Å². The van der Waals surface area contributed by atoms with Gasteiger partial charge in [0.2, 0.25) is 5.91 Å². The number of amides is 1. The van der Waals surface area contributed by atoms with E-state index in [1.165, 1.54) is 64.3 Å². The lowest BCUT2D eigenvalue weighted by molar-refractivity contribution is -0.123. The lowest BCUT2D eigenvalue weighted by atomic mass is 9.83. The van der Waals surface area contributed by atoms with Crippen LogP contribution in [0.2, 0.25) is 0 Å². The van der Waals surface area contributed by atoms with Crippen molar-refractivity contribution in [2.24, 2.45) is 17.8 Å². The zero-order valence-corrected chi connectivity index (χ0v) is 15.2. The molecule has 132 valence electrons. The fourth-order valence-electron chi connectivity index (χ4n) is 4.51. The molecule has 0 heterocycles. The van der Waals surface area contributed by atoms with Crippen LogP contribution in [-0.2, 0) is 4.79 Å². The molecule has 0 aromatic carbocycles. The third-order valence-corrected chi connectivity index (χ3v) is 6.64. The Bertz CT molecular complexity index is 377. The molecule has 3 fully saturated rings. The van der Waals surface area contributed by atoms with Crippen LogP contribution in [-0.4, -0.2) is 36.5 Å². The van der Waals surface area contributed by atoms with Crippen LogP contribution in [0.15, 0.2) is 0 Å². The summed E-state index contributed by atoms with van der Waals surface area (Å²) in [6, 6.07) is 1.30. The lowest BCUT2D eigenvalue weighted by Crippen LogP contribution is -2.39. The summed E-state index contributed by atoms with van der Waals surface area (Å²) in [5, 5.41) is 3.27. The summed E-state index contributed by atoms with van der Waals surface area (Å²) in [4.78, 5) is 14.5. The highest BCUT2D eigenvalue weighted by Gasteiger charge is 2.32. The highest BCUT2D eigenvalue weighted by molar-refractivity contribution is 5.81. The van der Waals surface area contributed by atoms with Gasteiger partial charge in [-0.3, -0.25) is 4.79 Å². The molecule has 0 bridgehead atoms. The molecule has 0 aromatic heterocycles. The molecule has 1 N–H and O–H groups in total. The van der Waals surface area contributed by atoms with E-state index >= 15 is 0 Å². The van der Waals surface area contributed by atoms with Gasteiger partial charge in [0.15, 0.2) is 0 Å². The van der Waals surface area contributed by atoms with Gasteiger partial charge in [-0.2, -0.15) is 0 Å². The molecule has 0 aliphatic heterocycles. The first-order chi connectivity index (χ1) is 11.1. The van der Waals surface area contributed by atoms with Crippen LogP contribution in [0.4, 0.5) is 0 Å². The van der Waals surface area contributed by atoms with Gasteiger partial charge in [0, 0.05) is 18.0 Å². The summed E-state index contributed by atoms with van der Waals surface area (Å²) in [7, 11) is 2.34. The molecule has 3 heteroatoms. The Morgan fingerprint density at radius 3 is 2.22 bits per heavy atom. The van der Waals surface area contributed by atoms with Crippen molar-refractivity contribution < 1.29 is 4.79 Å². The number of hydrogen-bond donors (Lipinski definition) is 1. The first-order valence-corrected chi connectivity index (χ1v) is 10.1. The van der Waals surface area contributed by atoms with E-state index in [0.717, 1.165) is 30.7 Å². The maximum absolute atomic E-state index is 11.9. The SMILES string of the molecule is CC1CCC(N(C)CCC2CCC(NC(=O)C3CC3)CC2)CC1. The van der Waals surface area contributed by atoms with Gasteiger partial charge in [-0.15, -0.1) is 0 Å². The van der Waals surface area contributed by atoms with Gasteiger partial charge in [0.1, 0.15) is 0 Å². The quantitative estimate of drug-likeness (QED) is 0.803. The number of rotatable bonds is 6. The van der Waals surface area contributed by atoms with Crippen molar-refractivity contribution in [3.05, 3.63) is 0 Å². The zero-order valence-electron chi connectivity index (χ0n) is 15.2. The van der Waals surface area contributed by atoms with E-state index < -0.39 is 0 Å². The van der Waals surface area contributed by atoms with Crippen LogP contribution in [0.25, 0.3) is 0 Å². The molecule has 0 aromatic rings. The van der Waals surface area contributed by atoms with Gasteiger partial charge in [-0.05, 0) is 96.1 Å². The van der Waals surface area contributed by atoms with Crippen molar-refractivity contribution in [1.29, 1.82) is 0 Å². The van der Waals surface area contributed by atoms with Gasteiger partial charge in [-0.1, -0.05) is 6.92 Å². The second kappa shape index (κ2) is 8.00. The van der Waals surface area contributed by atoms with Crippen LogP contribution in [0.1, 0.15) is 77.6 Å². The van der Waals surface area contributed by atoms with E-state index in [0.29, 0.717) is 17.9 Å². The second-order valence-corrected chi connectivity index (χ2v) is 8.68. The first kappa shape index (κ1) is 17.3. The fraction of sp³-hybridized carbons (Fsp3) is 0.950. The summed E-state index contributed by atoms with van der Waals surface area (Å²) >= 11 is 0. The van der Waals surface area contributed by atoms with Crippen LogP contribution in [0.5, 0.6) is 0 Å². The molecule has 3 aliphatic rings. The van der Waals surface area contributed by atoms with E-state index in [1.54, 1.807) is 0 Å². The van der Waals surface area contributed by atoms with E-state index in [1.807, 2.05) is 0 Å². The number of nitrogens with zero attached hydrogens (tertiary/aromatic N) is 1. The molecular weight excluding hydrogens is 284 g/mol. The maximum Gasteiger partial charge on any atom is 0.223 e. The third-order valence-electron chi connectivity index (χ3n) is 6.64. The molecule has 0 radical (unpaired) electrons. The predicted octanol–water partition coefficient (Wildman–Crippen LogP) is 3.97. The van der Waals surface area contributed by atoms with Crippen molar-refractivity contribution in [2.45, 2.75) is 89.6 Å². The van der Waals surface area contributed by atoms with Gasteiger partial charge in [0.05, 0.1) is 0 Å². The minimum Gasteiger partial charge on any atom is -0.353 e. The number of carbonyl (C=O) groups is 1. The second-order valence-electron chi connectivity index (χ2n) is 8.68. The monoisotopic (exact) mass is 320 g/mol. The molecule has 1 amide bonds. The van der Waals surface area contributed by atoms with E-state index in [2.05, 4.69) is 24.2 Å². The maximum atomic E-state index is 11.9. The van der Waals surface area contributed by atoms with Gasteiger partial charge in [-0.25, -0.2) is 0 Å². The topological polar surface area (TPSA) is 32.3 Å². The van der Waals surface area contributed by atoms with Crippen molar-refractivity contribution in [3.63, 3.8) is 0 Å². The molecule has 23 heavy (non-hydrogen) atoms. The number of nitrogens with one attached hydrogen (secondary N) is 1. The molecule has 0 spiro atoms. The Balaban J connectivity index is 1.30. The fourth-order valence-corrected chi connectivity index (χ4v) is 4.51. The predicted molar refractivity (Wildman–Crippen MR) is 95.3 cm³/mol. The molecular formula is C20H36N2O. The van der Waals surface area contributed by atoms with Crippen molar-refractivity contribution in [1.82, 2.24) is 10.2 Å². The van der Waals surface area contributed by atoms with Crippen LogP contribution >= 0.6 is 0 Å². The molecule has 3 aliphatic carbocycles. The smallest absolute Gasteiger partial charge is 0.223 e. The first-order valence-electron chi connectivity index (χ1n) is 10.1. The van der Waals surface area contributed by atoms with E-state index in [9.17, 15) is 4.79 Å². The van der Waals surface area contributed by atoms with Crippen molar-refractivity contribution in [2.75, 3.05) is 13.6 Å². The van der Waals surface area contributed by atoms with Crippen LogP contribution < -0.4 is 5.32 Å². The molecule has 3 rings (SSSR count). The van der Waals surface area contributed by atoms with E-state index in [-0.39, 0.29) is 0 Å². The molecule has 0 unspecified atom stereocenters. The molecule has 0 atom stereocenters. The average Bonchev–Trinajstić information content (AvgIpc) is 3.39. The summed E-state index contributed by atoms with van der Waals surface area (Å²) in [6.07, 6.45) is 14.3. The molecule has 0 saturated heterocycles. The normalized spacial score (nSPS) is 35.3. The van der Waals surface area contributed by atoms with Gasteiger partial charge < -0.3 is 10.2 Å². The van der Waals surface area contributed by atoms with Crippen molar-refractivity contribution >= 4 is 5.91 Å². The largest absolute Gasteiger partial charge is 0.353 e. The summed E-state index contributed by atoms with van der Waals surface area (Å²) < 4.78 is 0. The standard InChI is InChI=1S/C20H36N2O/c1-15-3-11-19(12-4-15)22(2)14-13-16-5-9-18(10-6-16)21-20(23)17-7-8-17/h15-19H,3-14H2,1-2H3,(H,21,23). The average molecular weight is 321 g/mol. The summed E-state index contributed by atoms with van der Waals surface area (Å²) in [5.74, 6) is 2.52. The summed E-state index contributed by atoms with van der Waals surface area (Å²) in [6.45, 7) is 3.67. The Hall–Kier alpha value is -0.570. The Morgan fingerprint density at radius 1 is 0.957 bits per heavy atom. The van der Waals surface area contributed by atoms with Gasteiger partial charge >= 0.3 is 0 Å². The minimum atomic E-state index is 0.333. The molecule has 3 nitrogen and oxygen atoms in total. The minimum absolute atomic E-state index is 0.333. The highest BCUT2D eigenvalue weighted by Crippen LogP contribution is 2.32. The Morgan fingerprint density at radius 2 is 1.61 bits per heavy atom. The van der Waals surface area contributed by atoms with Gasteiger partial charge in [0.25, 0.3) is 0 Å². The zero-order chi connectivity index (χ0) is 16.2. The third kappa shape index (κ3) is 5.20. The summed E-state index contributed by atoms with van der Waals surface area (Å²) in [5.41, 5.74) is 0. The molecule has 3 saturated carbocycles. The van der Waals surface area contributed by atoms with E-state index in [4.69, 9.17) is 0 Å². The van der Waals surface area contributed by atoms with Crippen LogP contribution in [0.3, 0.4) is 0 Å².